The summed E-state index contributed by atoms with van der Waals surface area (Å²) in [5, 5.41) is 9.22. The standard InChI is InChI=1S/C12H19N5O2/c1-8-5-9(8)12(19)13-4-3-11(18)17(2)6-10-14-7-15-16-10/h7-9H,3-6H2,1-2H3,(H,13,19)(H,14,15,16). The van der Waals surface area contributed by atoms with Crippen LogP contribution in [-0.2, 0) is 16.1 Å². The zero-order valence-corrected chi connectivity index (χ0v) is 11.2. The number of amides is 2. The molecule has 7 heteroatoms. The van der Waals surface area contributed by atoms with E-state index in [2.05, 4.69) is 27.4 Å². The number of aromatic nitrogens is 3. The largest absolute Gasteiger partial charge is 0.355 e. The molecule has 2 atom stereocenters. The fourth-order valence-corrected chi connectivity index (χ4v) is 1.92. The van der Waals surface area contributed by atoms with Gasteiger partial charge in [0.1, 0.15) is 12.2 Å². The van der Waals surface area contributed by atoms with E-state index in [0.717, 1.165) is 6.42 Å². The number of aromatic amines is 1. The van der Waals surface area contributed by atoms with Gasteiger partial charge >= 0.3 is 0 Å². The smallest absolute Gasteiger partial charge is 0.224 e. The van der Waals surface area contributed by atoms with E-state index in [1.807, 2.05) is 0 Å². The van der Waals surface area contributed by atoms with Crippen LogP contribution in [0.15, 0.2) is 6.33 Å². The number of rotatable bonds is 6. The molecule has 0 aromatic carbocycles. The summed E-state index contributed by atoms with van der Waals surface area (Å²) in [6.07, 6.45) is 2.67. The van der Waals surface area contributed by atoms with Crippen LogP contribution in [0.5, 0.6) is 0 Å². The third kappa shape index (κ3) is 3.77. The van der Waals surface area contributed by atoms with Gasteiger partial charge in [-0.1, -0.05) is 6.92 Å². The summed E-state index contributed by atoms with van der Waals surface area (Å²) in [6.45, 7) is 2.84. The quantitative estimate of drug-likeness (QED) is 0.753. The maximum atomic E-state index is 11.8. The molecule has 2 rings (SSSR count). The zero-order chi connectivity index (χ0) is 13.8. The molecule has 1 aliphatic carbocycles. The highest BCUT2D eigenvalue weighted by Gasteiger charge is 2.38. The van der Waals surface area contributed by atoms with Gasteiger partial charge in [-0.15, -0.1) is 0 Å². The topological polar surface area (TPSA) is 91.0 Å². The van der Waals surface area contributed by atoms with Gasteiger partial charge in [-0.25, -0.2) is 4.98 Å². The van der Waals surface area contributed by atoms with Crippen LogP contribution in [0, 0.1) is 11.8 Å². The van der Waals surface area contributed by atoms with E-state index in [1.54, 1.807) is 11.9 Å². The minimum Gasteiger partial charge on any atom is -0.355 e. The number of hydrogen-bond donors (Lipinski definition) is 2. The van der Waals surface area contributed by atoms with Crippen LogP contribution < -0.4 is 5.32 Å². The van der Waals surface area contributed by atoms with Gasteiger partial charge in [-0.3, -0.25) is 14.7 Å². The van der Waals surface area contributed by atoms with Gasteiger partial charge in [0.05, 0.1) is 6.54 Å². The molecular formula is C12H19N5O2. The number of carbonyl (C=O) groups is 2. The number of carbonyl (C=O) groups excluding carboxylic acids is 2. The molecule has 1 aromatic rings. The van der Waals surface area contributed by atoms with Crippen LogP contribution in [0.3, 0.4) is 0 Å². The fourth-order valence-electron chi connectivity index (χ4n) is 1.92. The van der Waals surface area contributed by atoms with Crippen LogP contribution in [0.4, 0.5) is 0 Å². The maximum absolute atomic E-state index is 11.8. The van der Waals surface area contributed by atoms with Crippen molar-refractivity contribution in [2.45, 2.75) is 26.3 Å². The number of nitrogens with one attached hydrogen (secondary N) is 2. The SMILES string of the molecule is CC1CC1C(=O)NCCC(=O)N(C)Cc1ncn[nH]1. The lowest BCUT2D eigenvalue weighted by molar-refractivity contribution is -0.130. The normalized spacial score (nSPS) is 20.9. The average molecular weight is 265 g/mol. The molecule has 2 N–H and O–H groups in total. The lowest BCUT2D eigenvalue weighted by Crippen LogP contribution is -2.32. The van der Waals surface area contributed by atoms with E-state index in [4.69, 9.17) is 0 Å². The first kappa shape index (κ1) is 13.5. The van der Waals surface area contributed by atoms with Gasteiger partial charge in [0.25, 0.3) is 0 Å². The summed E-state index contributed by atoms with van der Waals surface area (Å²) in [7, 11) is 1.70. The predicted molar refractivity (Wildman–Crippen MR) is 67.8 cm³/mol. The van der Waals surface area contributed by atoms with Crippen molar-refractivity contribution in [1.82, 2.24) is 25.4 Å². The molecule has 19 heavy (non-hydrogen) atoms. The molecule has 2 amide bonds. The molecule has 104 valence electrons. The van der Waals surface area contributed by atoms with Crippen molar-refractivity contribution in [3.8, 4) is 0 Å². The second-order valence-electron chi connectivity index (χ2n) is 5.04. The third-order valence-corrected chi connectivity index (χ3v) is 3.36. The highest BCUT2D eigenvalue weighted by molar-refractivity contribution is 5.82. The molecule has 0 saturated heterocycles. The molecule has 0 aliphatic heterocycles. The number of hydrogen-bond acceptors (Lipinski definition) is 4. The van der Waals surface area contributed by atoms with Crippen LogP contribution in [0.25, 0.3) is 0 Å². The number of nitrogens with zero attached hydrogens (tertiary/aromatic N) is 3. The van der Waals surface area contributed by atoms with Gasteiger partial charge in [0, 0.05) is 25.9 Å². The summed E-state index contributed by atoms with van der Waals surface area (Å²) in [5.41, 5.74) is 0. The van der Waals surface area contributed by atoms with Crippen molar-refractivity contribution < 1.29 is 9.59 Å². The summed E-state index contributed by atoms with van der Waals surface area (Å²) < 4.78 is 0. The van der Waals surface area contributed by atoms with Crippen molar-refractivity contribution in [3.05, 3.63) is 12.2 Å². The van der Waals surface area contributed by atoms with Gasteiger partial charge in [0.15, 0.2) is 0 Å². The van der Waals surface area contributed by atoms with Crippen molar-refractivity contribution >= 4 is 11.8 Å². The molecule has 7 nitrogen and oxygen atoms in total. The Labute approximate surface area is 111 Å². The number of H-pyrrole nitrogens is 1. The molecule has 1 aliphatic rings. The molecular weight excluding hydrogens is 246 g/mol. The van der Waals surface area contributed by atoms with E-state index >= 15 is 0 Å². The van der Waals surface area contributed by atoms with E-state index < -0.39 is 0 Å². The monoisotopic (exact) mass is 265 g/mol. The van der Waals surface area contributed by atoms with Crippen LogP contribution in [0.2, 0.25) is 0 Å². The summed E-state index contributed by atoms with van der Waals surface area (Å²) in [4.78, 5) is 28.9. The lowest BCUT2D eigenvalue weighted by atomic mass is 10.3. The Morgan fingerprint density at radius 3 is 2.89 bits per heavy atom. The van der Waals surface area contributed by atoms with Crippen LogP contribution >= 0.6 is 0 Å². The summed E-state index contributed by atoms with van der Waals surface area (Å²) >= 11 is 0. The second-order valence-corrected chi connectivity index (χ2v) is 5.04. The molecule has 1 saturated carbocycles. The maximum Gasteiger partial charge on any atom is 0.224 e. The summed E-state index contributed by atoms with van der Waals surface area (Å²) in [5.74, 6) is 1.33. The van der Waals surface area contributed by atoms with Crippen LogP contribution in [0.1, 0.15) is 25.6 Å². The minimum absolute atomic E-state index is 0.0273. The summed E-state index contributed by atoms with van der Waals surface area (Å²) in [6, 6.07) is 0. The van der Waals surface area contributed by atoms with E-state index in [0.29, 0.717) is 31.3 Å². The van der Waals surface area contributed by atoms with E-state index in [9.17, 15) is 9.59 Å². The van der Waals surface area contributed by atoms with Crippen molar-refractivity contribution in [1.29, 1.82) is 0 Å². The van der Waals surface area contributed by atoms with Crippen molar-refractivity contribution in [2.75, 3.05) is 13.6 Å². The lowest BCUT2D eigenvalue weighted by Gasteiger charge is -2.15. The Kier molecular flexibility index (Phi) is 4.13. The van der Waals surface area contributed by atoms with Crippen molar-refractivity contribution in [2.24, 2.45) is 11.8 Å². The molecule has 0 radical (unpaired) electrons. The predicted octanol–water partition coefficient (Wildman–Crippen LogP) is -0.0746. The van der Waals surface area contributed by atoms with Crippen molar-refractivity contribution in [3.63, 3.8) is 0 Å². The first-order valence-electron chi connectivity index (χ1n) is 6.44. The van der Waals surface area contributed by atoms with Crippen LogP contribution in [-0.4, -0.2) is 45.5 Å². The van der Waals surface area contributed by atoms with Gasteiger partial charge in [-0.05, 0) is 12.3 Å². The fraction of sp³-hybridized carbons (Fsp3) is 0.667. The minimum atomic E-state index is -0.0273. The average Bonchev–Trinajstić information content (AvgIpc) is 2.89. The first-order valence-corrected chi connectivity index (χ1v) is 6.44. The zero-order valence-electron chi connectivity index (χ0n) is 11.2. The Bertz CT molecular complexity index is 445. The highest BCUT2D eigenvalue weighted by Crippen LogP contribution is 2.37. The van der Waals surface area contributed by atoms with Gasteiger partial charge in [0.2, 0.25) is 11.8 Å². The van der Waals surface area contributed by atoms with Gasteiger partial charge < -0.3 is 10.2 Å². The Morgan fingerprint density at radius 2 is 2.32 bits per heavy atom. The Balaban J connectivity index is 1.65. The Hall–Kier alpha value is -1.92. The Morgan fingerprint density at radius 1 is 1.58 bits per heavy atom. The second kappa shape index (κ2) is 5.81. The van der Waals surface area contributed by atoms with Gasteiger partial charge in [-0.2, -0.15) is 5.10 Å². The molecule has 0 bridgehead atoms. The molecule has 2 unspecified atom stereocenters. The molecule has 0 spiro atoms. The first-order chi connectivity index (χ1) is 9.08. The van der Waals surface area contributed by atoms with E-state index in [-0.39, 0.29) is 17.7 Å². The third-order valence-electron chi connectivity index (χ3n) is 3.36. The highest BCUT2D eigenvalue weighted by atomic mass is 16.2. The molecule has 1 aromatic heterocycles. The molecule has 1 heterocycles. The van der Waals surface area contributed by atoms with E-state index in [1.165, 1.54) is 6.33 Å². The molecule has 1 fully saturated rings.